The molecule has 26 heavy (non-hydrogen) atoms. The summed E-state index contributed by atoms with van der Waals surface area (Å²) in [5.41, 5.74) is 0.197. The summed E-state index contributed by atoms with van der Waals surface area (Å²) in [4.78, 5) is 26.7. The van der Waals surface area contributed by atoms with Crippen LogP contribution in [0.25, 0.3) is 0 Å². The number of carbonyl (C=O) groups excluding carboxylic acids is 1. The van der Waals surface area contributed by atoms with Gasteiger partial charge in [-0.15, -0.1) is 11.8 Å². The van der Waals surface area contributed by atoms with E-state index in [4.69, 9.17) is 4.74 Å². The van der Waals surface area contributed by atoms with Crippen molar-refractivity contribution in [3.63, 3.8) is 0 Å². The van der Waals surface area contributed by atoms with Crippen molar-refractivity contribution < 1.29 is 19.4 Å². The zero-order chi connectivity index (χ0) is 19.2. The Labute approximate surface area is 160 Å². The van der Waals surface area contributed by atoms with E-state index in [0.29, 0.717) is 19.4 Å². The molecule has 1 aromatic carbocycles. The largest absolute Gasteiger partial charge is 0.481 e. The fourth-order valence-corrected chi connectivity index (χ4v) is 4.68. The van der Waals surface area contributed by atoms with E-state index in [2.05, 4.69) is 12.1 Å². The Morgan fingerprint density at radius 3 is 2.58 bits per heavy atom. The van der Waals surface area contributed by atoms with Gasteiger partial charge in [-0.05, 0) is 24.3 Å². The lowest BCUT2D eigenvalue weighted by Crippen LogP contribution is -2.54. The monoisotopic (exact) mass is 379 g/mol. The molecule has 1 saturated heterocycles. The second-order valence-electron chi connectivity index (χ2n) is 7.34. The number of amides is 1. The summed E-state index contributed by atoms with van der Waals surface area (Å²) < 4.78 is 5.16. The molecule has 0 spiro atoms. The maximum atomic E-state index is 13.1. The van der Waals surface area contributed by atoms with E-state index < -0.39 is 11.4 Å². The highest BCUT2D eigenvalue weighted by Crippen LogP contribution is 2.33. The van der Waals surface area contributed by atoms with Crippen molar-refractivity contribution in [2.45, 2.75) is 37.7 Å². The molecule has 1 amide bonds. The summed E-state index contributed by atoms with van der Waals surface area (Å²) in [5.74, 6) is 0.114. The lowest BCUT2D eigenvalue weighted by atomic mass is 9.80. The van der Waals surface area contributed by atoms with Crippen LogP contribution < -0.4 is 0 Å². The molecule has 6 heteroatoms. The minimum absolute atomic E-state index is 0.0439. The molecule has 1 aromatic rings. The molecule has 1 N–H and O–H groups in total. The lowest BCUT2D eigenvalue weighted by molar-refractivity contribution is -0.159. The van der Waals surface area contributed by atoms with Gasteiger partial charge in [-0.2, -0.15) is 0 Å². The molecule has 2 atom stereocenters. The Kier molecular flexibility index (Phi) is 7.53. The number of aliphatic carboxylic acids is 1. The summed E-state index contributed by atoms with van der Waals surface area (Å²) in [7, 11) is 1.51. The lowest BCUT2D eigenvalue weighted by Gasteiger charge is -2.41. The standard InChI is InChI=1S/C20H29NO4S/c1-15(2)17(26-12-16-8-5-4-6-9-16)18(22)21-11-7-10-20(13-21,14-25-3)19(23)24/h4-6,8-9,15,17H,7,10-14H2,1-3H3,(H,23,24). The first-order chi connectivity index (χ1) is 12.4. The molecule has 0 radical (unpaired) electrons. The van der Waals surface area contributed by atoms with E-state index in [0.717, 1.165) is 5.75 Å². The number of carbonyl (C=O) groups is 2. The number of carboxylic acids is 1. The van der Waals surface area contributed by atoms with Gasteiger partial charge in [-0.3, -0.25) is 9.59 Å². The quantitative estimate of drug-likeness (QED) is 0.751. The SMILES string of the molecule is COCC1(C(=O)O)CCCN(C(=O)C(SCc2ccccc2)C(C)C)C1. The second-order valence-corrected chi connectivity index (χ2v) is 8.47. The van der Waals surface area contributed by atoms with Crippen molar-refractivity contribution >= 4 is 23.6 Å². The minimum Gasteiger partial charge on any atom is -0.481 e. The van der Waals surface area contributed by atoms with Gasteiger partial charge in [-0.1, -0.05) is 44.2 Å². The summed E-state index contributed by atoms with van der Waals surface area (Å²) in [5, 5.41) is 9.52. The van der Waals surface area contributed by atoms with Gasteiger partial charge in [0.15, 0.2) is 0 Å². The van der Waals surface area contributed by atoms with Crippen LogP contribution in [0.5, 0.6) is 0 Å². The number of methoxy groups -OCH3 is 1. The summed E-state index contributed by atoms with van der Waals surface area (Å²) in [6.45, 7) is 5.07. The molecule has 0 saturated carbocycles. The van der Waals surface area contributed by atoms with Crippen molar-refractivity contribution in [3.05, 3.63) is 35.9 Å². The Hall–Kier alpha value is -1.53. The zero-order valence-electron chi connectivity index (χ0n) is 15.8. The second kappa shape index (κ2) is 9.42. The summed E-state index contributed by atoms with van der Waals surface area (Å²) in [6, 6.07) is 10.1. The highest BCUT2D eigenvalue weighted by molar-refractivity contribution is 7.99. The predicted octanol–water partition coefficient (Wildman–Crippen LogP) is 3.28. The summed E-state index contributed by atoms with van der Waals surface area (Å²) >= 11 is 1.64. The minimum atomic E-state index is -0.992. The van der Waals surface area contributed by atoms with Crippen LogP contribution in [0, 0.1) is 11.3 Å². The maximum absolute atomic E-state index is 13.1. The number of piperidine rings is 1. The van der Waals surface area contributed by atoms with E-state index in [1.165, 1.54) is 12.7 Å². The molecule has 2 rings (SSSR count). The topological polar surface area (TPSA) is 66.8 Å². The predicted molar refractivity (Wildman–Crippen MR) is 104 cm³/mol. The molecule has 5 nitrogen and oxygen atoms in total. The first-order valence-electron chi connectivity index (χ1n) is 9.06. The van der Waals surface area contributed by atoms with E-state index >= 15 is 0 Å². The van der Waals surface area contributed by atoms with Crippen LogP contribution in [0.1, 0.15) is 32.3 Å². The van der Waals surface area contributed by atoms with Gasteiger partial charge in [0, 0.05) is 26.0 Å². The Morgan fingerprint density at radius 1 is 1.31 bits per heavy atom. The molecule has 1 aliphatic heterocycles. The number of nitrogens with zero attached hydrogens (tertiary/aromatic N) is 1. The Morgan fingerprint density at radius 2 is 2.00 bits per heavy atom. The number of carboxylic acid groups (broad SMARTS) is 1. The highest BCUT2D eigenvalue weighted by atomic mass is 32.2. The number of ether oxygens (including phenoxy) is 1. The Bertz CT molecular complexity index is 603. The molecule has 0 bridgehead atoms. The molecule has 2 unspecified atom stereocenters. The van der Waals surface area contributed by atoms with Crippen molar-refractivity contribution in [2.24, 2.45) is 11.3 Å². The molecular weight excluding hydrogens is 350 g/mol. The molecule has 1 heterocycles. The number of benzene rings is 1. The summed E-state index contributed by atoms with van der Waals surface area (Å²) in [6.07, 6.45) is 1.24. The average Bonchev–Trinajstić information content (AvgIpc) is 2.62. The fourth-order valence-electron chi connectivity index (χ4n) is 3.44. The maximum Gasteiger partial charge on any atom is 0.313 e. The van der Waals surface area contributed by atoms with Crippen LogP contribution in [0.4, 0.5) is 0 Å². The molecule has 1 fully saturated rings. The third-order valence-electron chi connectivity index (χ3n) is 4.88. The van der Waals surface area contributed by atoms with Crippen LogP contribution in [0.2, 0.25) is 0 Å². The van der Waals surface area contributed by atoms with Gasteiger partial charge < -0.3 is 14.7 Å². The molecule has 1 aliphatic rings. The number of hydrogen-bond acceptors (Lipinski definition) is 4. The fraction of sp³-hybridized carbons (Fsp3) is 0.600. The van der Waals surface area contributed by atoms with E-state index in [9.17, 15) is 14.7 Å². The third-order valence-corrected chi connectivity index (χ3v) is 6.49. The van der Waals surface area contributed by atoms with E-state index in [-0.39, 0.29) is 30.2 Å². The van der Waals surface area contributed by atoms with Crippen molar-refractivity contribution in [3.8, 4) is 0 Å². The van der Waals surface area contributed by atoms with Gasteiger partial charge in [0.1, 0.15) is 5.41 Å². The van der Waals surface area contributed by atoms with Crippen LogP contribution >= 0.6 is 11.8 Å². The number of thioether (sulfide) groups is 1. The number of likely N-dealkylation sites (tertiary alicyclic amines) is 1. The van der Waals surface area contributed by atoms with E-state index in [1.54, 1.807) is 16.7 Å². The molecule has 144 valence electrons. The number of hydrogen-bond donors (Lipinski definition) is 1. The van der Waals surface area contributed by atoms with Crippen molar-refractivity contribution in [1.82, 2.24) is 4.90 Å². The molecule has 0 aliphatic carbocycles. The third kappa shape index (κ3) is 5.01. The number of rotatable bonds is 8. The zero-order valence-corrected chi connectivity index (χ0v) is 16.6. The van der Waals surface area contributed by atoms with Crippen LogP contribution in [0.3, 0.4) is 0 Å². The van der Waals surface area contributed by atoms with Gasteiger partial charge in [0.2, 0.25) is 5.91 Å². The highest BCUT2D eigenvalue weighted by Gasteiger charge is 2.45. The smallest absolute Gasteiger partial charge is 0.313 e. The molecule has 0 aromatic heterocycles. The van der Waals surface area contributed by atoms with Crippen molar-refractivity contribution in [2.75, 3.05) is 26.8 Å². The van der Waals surface area contributed by atoms with Gasteiger partial charge in [0.25, 0.3) is 0 Å². The van der Waals surface area contributed by atoms with Gasteiger partial charge in [0.05, 0.1) is 11.9 Å². The first kappa shape index (κ1) is 20.8. The normalized spacial score (nSPS) is 21.6. The first-order valence-corrected chi connectivity index (χ1v) is 10.1. The average molecular weight is 380 g/mol. The van der Waals surface area contributed by atoms with Crippen molar-refractivity contribution in [1.29, 1.82) is 0 Å². The Balaban J connectivity index is 2.08. The van der Waals surface area contributed by atoms with Crippen LogP contribution in [-0.4, -0.2) is 53.9 Å². The molecular formula is C20H29NO4S. The van der Waals surface area contributed by atoms with Gasteiger partial charge in [-0.25, -0.2) is 0 Å². The van der Waals surface area contributed by atoms with Gasteiger partial charge >= 0.3 is 5.97 Å². The van der Waals surface area contributed by atoms with Crippen LogP contribution in [-0.2, 0) is 20.1 Å². The van der Waals surface area contributed by atoms with E-state index in [1.807, 2.05) is 32.0 Å². The van der Waals surface area contributed by atoms with Crippen LogP contribution in [0.15, 0.2) is 30.3 Å².